The number of anilines is 1. The van der Waals surface area contributed by atoms with Gasteiger partial charge >= 0.3 is 0 Å². The van der Waals surface area contributed by atoms with Crippen molar-refractivity contribution in [2.75, 3.05) is 12.3 Å². The van der Waals surface area contributed by atoms with Gasteiger partial charge in [0.25, 0.3) is 0 Å². The minimum atomic E-state index is -0.0612. The molecular formula is C16H17NO2. The molecule has 3 N–H and O–H groups in total. The molecule has 0 spiro atoms. The fraction of sp³-hybridized carbons (Fsp3) is 0.188. The van der Waals surface area contributed by atoms with Gasteiger partial charge < -0.3 is 10.8 Å². The maximum Gasteiger partial charge on any atom is 0.193 e. The number of carbonyl (C=O) groups is 1. The number of aliphatic hydroxyl groups excluding tert-OH is 1. The van der Waals surface area contributed by atoms with E-state index in [0.29, 0.717) is 16.8 Å². The Bertz CT molecular complexity index is 576. The third-order valence-electron chi connectivity index (χ3n) is 3.18. The summed E-state index contributed by atoms with van der Waals surface area (Å²) >= 11 is 0. The first-order valence-electron chi connectivity index (χ1n) is 6.23. The first-order chi connectivity index (χ1) is 9.13. The topological polar surface area (TPSA) is 63.3 Å². The van der Waals surface area contributed by atoms with Crippen molar-refractivity contribution >= 4 is 11.5 Å². The molecule has 98 valence electrons. The number of hydrogen-bond donors (Lipinski definition) is 2. The molecular weight excluding hydrogens is 238 g/mol. The van der Waals surface area contributed by atoms with Crippen molar-refractivity contribution in [2.45, 2.75) is 12.8 Å². The maximum atomic E-state index is 12.5. The smallest absolute Gasteiger partial charge is 0.193 e. The number of nitrogen functional groups attached to an aromatic ring is 1. The molecule has 2 rings (SSSR count). The second-order valence-electron chi connectivity index (χ2n) is 4.62. The number of hydrogen-bond acceptors (Lipinski definition) is 3. The summed E-state index contributed by atoms with van der Waals surface area (Å²) in [6.45, 7) is 1.92. The lowest BCUT2D eigenvalue weighted by molar-refractivity contribution is 0.103. The Morgan fingerprint density at radius 1 is 1.16 bits per heavy atom. The Kier molecular flexibility index (Phi) is 3.97. The van der Waals surface area contributed by atoms with Crippen LogP contribution < -0.4 is 5.73 Å². The summed E-state index contributed by atoms with van der Waals surface area (Å²) in [4.78, 5) is 12.5. The van der Waals surface area contributed by atoms with Crippen LogP contribution in [0.1, 0.15) is 34.3 Å². The van der Waals surface area contributed by atoms with Crippen LogP contribution in [0.15, 0.2) is 48.5 Å². The van der Waals surface area contributed by atoms with Crippen molar-refractivity contribution < 1.29 is 9.90 Å². The summed E-state index contributed by atoms with van der Waals surface area (Å²) in [6.07, 6.45) is 0. The molecule has 0 aliphatic carbocycles. The Morgan fingerprint density at radius 2 is 1.79 bits per heavy atom. The van der Waals surface area contributed by atoms with Gasteiger partial charge in [-0.15, -0.1) is 0 Å². The molecule has 0 radical (unpaired) electrons. The number of ketones is 1. The van der Waals surface area contributed by atoms with Gasteiger partial charge in [0.05, 0.1) is 0 Å². The van der Waals surface area contributed by atoms with Crippen molar-refractivity contribution in [1.29, 1.82) is 0 Å². The van der Waals surface area contributed by atoms with Crippen LogP contribution in [0.3, 0.4) is 0 Å². The molecule has 0 bridgehead atoms. The summed E-state index contributed by atoms with van der Waals surface area (Å²) in [7, 11) is 0. The van der Waals surface area contributed by atoms with E-state index in [1.54, 1.807) is 30.3 Å². The van der Waals surface area contributed by atoms with Crippen LogP contribution in [0.5, 0.6) is 0 Å². The Morgan fingerprint density at radius 3 is 2.42 bits per heavy atom. The zero-order valence-electron chi connectivity index (χ0n) is 10.8. The molecule has 19 heavy (non-hydrogen) atoms. The number of benzene rings is 2. The minimum absolute atomic E-state index is 0.0199. The van der Waals surface area contributed by atoms with Gasteiger partial charge in [-0.25, -0.2) is 0 Å². The Balaban J connectivity index is 2.41. The third kappa shape index (κ3) is 2.83. The van der Waals surface area contributed by atoms with Gasteiger partial charge in [0.1, 0.15) is 0 Å². The van der Waals surface area contributed by atoms with Crippen LogP contribution in [0.2, 0.25) is 0 Å². The first-order valence-corrected chi connectivity index (χ1v) is 6.23. The lowest BCUT2D eigenvalue weighted by Gasteiger charge is -2.13. The second-order valence-corrected chi connectivity index (χ2v) is 4.62. The standard InChI is InChI=1S/C16H17NO2/c1-11(10-18)14-4-2-3-5-15(14)16(19)12-6-8-13(17)9-7-12/h2-9,11,18H,10,17H2,1H3. The number of carbonyl (C=O) groups excluding carboxylic acids is 1. The highest BCUT2D eigenvalue weighted by atomic mass is 16.3. The van der Waals surface area contributed by atoms with Crippen LogP contribution in [-0.4, -0.2) is 17.5 Å². The second kappa shape index (κ2) is 5.67. The Hall–Kier alpha value is -2.13. The fourth-order valence-corrected chi connectivity index (χ4v) is 2.02. The quantitative estimate of drug-likeness (QED) is 0.652. The molecule has 3 nitrogen and oxygen atoms in total. The Labute approximate surface area is 112 Å². The van der Waals surface area contributed by atoms with E-state index in [2.05, 4.69) is 0 Å². The summed E-state index contributed by atoms with van der Waals surface area (Å²) < 4.78 is 0. The van der Waals surface area contributed by atoms with Crippen LogP contribution in [0, 0.1) is 0 Å². The van der Waals surface area contributed by atoms with Crippen molar-refractivity contribution in [3.05, 3.63) is 65.2 Å². The highest BCUT2D eigenvalue weighted by Gasteiger charge is 2.16. The molecule has 0 amide bonds. The molecule has 0 aliphatic rings. The van der Waals surface area contributed by atoms with Gasteiger partial charge in [-0.2, -0.15) is 0 Å². The van der Waals surface area contributed by atoms with Gasteiger partial charge in [0.2, 0.25) is 0 Å². The molecule has 0 saturated carbocycles. The highest BCUT2D eigenvalue weighted by Crippen LogP contribution is 2.22. The van der Waals surface area contributed by atoms with E-state index in [9.17, 15) is 9.90 Å². The average Bonchev–Trinajstić information content (AvgIpc) is 2.46. The fourth-order valence-electron chi connectivity index (χ4n) is 2.02. The third-order valence-corrected chi connectivity index (χ3v) is 3.18. The van der Waals surface area contributed by atoms with Gasteiger partial charge in [0, 0.05) is 29.3 Å². The molecule has 0 fully saturated rings. The average molecular weight is 255 g/mol. The normalized spacial score (nSPS) is 12.1. The van der Waals surface area contributed by atoms with E-state index in [0.717, 1.165) is 5.56 Å². The van der Waals surface area contributed by atoms with Gasteiger partial charge in [-0.3, -0.25) is 4.79 Å². The molecule has 3 heteroatoms. The zero-order chi connectivity index (χ0) is 13.8. The first kappa shape index (κ1) is 13.3. The number of nitrogens with two attached hydrogens (primary N) is 1. The van der Waals surface area contributed by atoms with E-state index < -0.39 is 0 Å². The lowest BCUT2D eigenvalue weighted by atomic mass is 9.91. The number of aliphatic hydroxyl groups is 1. The monoisotopic (exact) mass is 255 g/mol. The van der Waals surface area contributed by atoms with E-state index in [4.69, 9.17) is 5.73 Å². The van der Waals surface area contributed by atoms with Crippen molar-refractivity contribution in [3.63, 3.8) is 0 Å². The van der Waals surface area contributed by atoms with Crippen molar-refractivity contribution in [1.82, 2.24) is 0 Å². The van der Waals surface area contributed by atoms with Crippen LogP contribution in [0.25, 0.3) is 0 Å². The minimum Gasteiger partial charge on any atom is -0.399 e. The van der Waals surface area contributed by atoms with E-state index in [-0.39, 0.29) is 18.3 Å². The van der Waals surface area contributed by atoms with Crippen molar-refractivity contribution in [3.8, 4) is 0 Å². The van der Waals surface area contributed by atoms with Crippen LogP contribution >= 0.6 is 0 Å². The molecule has 0 heterocycles. The predicted octanol–water partition coefficient (Wildman–Crippen LogP) is 2.60. The molecule has 2 aromatic carbocycles. The molecule has 0 aliphatic heterocycles. The van der Waals surface area contributed by atoms with Gasteiger partial charge in [-0.1, -0.05) is 31.2 Å². The summed E-state index contributed by atoms with van der Waals surface area (Å²) in [6, 6.07) is 14.2. The summed E-state index contributed by atoms with van der Waals surface area (Å²) in [5.74, 6) is -0.107. The van der Waals surface area contributed by atoms with Gasteiger partial charge in [0.15, 0.2) is 5.78 Å². The predicted molar refractivity (Wildman–Crippen MR) is 76.2 cm³/mol. The largest absolute Gasteiger partial charge is 0.399 e. The van der Waals surface area contributed by atoms with E-state index in [1.807, 2.05) is 25.1 Å². The van der Waals surface area contributed by atoms with E-state index >= 15 is 0 Å². The lowest BCUT2D eigenvalue weighted by Crippen LogP contribution is -2.09. The maximum absolute atomic E-state index is 12.5. The van der Waals surface area contributed by atoms with Crippen molar-refractivity contribution in [2.24, 2.45) is 0 Å². The molecule has 1 unspecified atom stereocenters. The highest BCUT2D eigenvalue weighted by molar-refractivity contribution is 6.10. The SMILES string of the molecule is CC(CO)c1ccccc1C(=O)c1ccc(N)cc1. The van der Waals surface area contributed by atoms with E-state index in [1.165, 1.54) is 0 Å². The molecule has 0 aromatic heterocycles. The molecule has 1 atom stereocenters. The number of rotatable bonds is 4. The zero-order valence-corrected chi connectivity index (χ0v) is 10.8. The summed E-state index contributed by atoms with van der Waals surface area (Å²) in [5, 5.41) is 9.27. The van der Waals surface area contributed by atoms with Gasteiger partial charge in [-0.05, 0) is 29.8 Å². The molecule has 2 aromatic rings. The van der Waals surface area contributed by atoms with Crippen LogP contribution in [-0.2, 0) is 0 Å². The summed E-state index contributed by atoms with van der Waals surface area (Å²) in [5.41, 5.74) is 8.36. The molecule has 0 saturated heterocycles. The van der Waals surface area contributed by atoms with Crippen LogP contribution in [0.4, 0.5) is 5.69 Å².